The molecule has 0 amide bonds. The Hall–Kier alpha value is -10.3. The number of benzene rings is 12. The lowest BCUT2D eigenvalue weighted by Crippen LogP contribution is -2.32. The van der Waals surface area contributed by atoms with Gasteiger partial charge in [-0.2, -0.15) is 0 Å². The van der Waals surface area contributed by atoms with Crippen molar-refractivity contribution in [3.05, 3.63) is 375 Å². The first-order valence-electron chi connectivity index (χ1n) is 32.0. The van der Waals surface area contributed by atoms with Crippen molar-refractivity contribution in [1.29, 1.82) is 0 Å². The Morgan fingerprint density at radius 1 is 0.296 bits per heavy atom. The molecule has 0 bridgehead atoms. The van der Waals surface area contributed by atoms with Crippen molar-refractivity contribution in [2.75, 3.05) is 28.4 Å². The molecular weight excluding hydrogens is 1290 g/mol. The van der Waals surface area contributed by atoms with Crippen LogP contribution in [0.3, 0.4) is 0 Å². The van der Waals surface area contributed by atoms with Crippen molar-refractivity contribution in [3.8, 4) is 45.6 Å². The molecule has 12 rings (SSSR count). The van der Waals surface area contributed by atoms with Crippen molar-refractivity contribution < 1.29 is 58.2 Å². The molecule has 0 aliphatic heterocycles. The summed E-state index contributed by atoms with van der Waals surface area (Å²) in [6.45, 7) is 1.43. The number of ether oxygens (including phenoxy) is 8. The zero-order valence-electron chi connectivity index (χ0n) is 55.1. The van der Waals surface area contributed by atoms with Gasteiger partial charge in [0.25, 0.3) is 0 Å². The van der Waals surface area contributed by atoms with E-state index in [1.165, 1.54) is 0 Å². The maximum absolute atomic E-state index is 10.3. The topological polar surface area (TPSA) is 155 Å². The number of aliphatic hydroxyl groups is 2. The third-order valence-electron chi connectivity index (χ3n) is 16.5. The summed E-state index contributed by atoms with van der Waals surface area (Å²) in [5.41, 5.74) is 12.1. The third-order valence-corrected chi connectivity index (χ3v) is 17.0. The first kappa shape index (κ1) is 70.5. The van der Waals surface area contributed by atoms with Gasteiger partial charge in [0.2, 0.25) is 0 Å². The molecule has 0 saturated heterocycles. The highest BCUT2D eigenvalue weighted by Crippen LogP contribution is 2.45. The molecule has 4 N–H and O–H groups in total. The van der Waals surface area contributed by atoms with E-state index in [0.29, 0.717) is 31.0 Å². The number of halogens is 1. The minimum absolute atomic E-state index is 0.0345. The Balaban J connectivity index is 0.000000177. The van der Waals surface area contributed by atoms with Crippen LogP contribution in [0.5, 0.6) is 34.5 Å². The van der Waals surface area contributed by atoms with Gasteiger partial charge in [-0.15, -0.1) is 0 Å². The maximum Gasteiger partial charge on any atom is 0.488 e. The molecule has 12 nitrogen and oxygen atoms in total. The average molecular weight is 1370 g/mol. The number of hydrogen-bond acceptors (Lipinski definition) is 12. The zero-order valence-corrected chi connectivity index (χ0v) is 56.7. The van der Waals surface area contributed by atoms with Crippen LogP contribution < -0.4 is 33.9 Å². The molecule has 0 saturated carbocycles. The van der Waals surface area contributed by atoms with E-state index in [4.69, 9.17) is 47.9 Å². The number of rotatable bonds is 26. The van der Waals surface area contributed by atoms with Crippen LogP contribution in [0.15, 0.2) is 308 Å². The fourth-order valence-electron chi connectivity index (χ4n) is 11.5. The van der Waals surface area contributed by atoms with Gasteiger partial charge < -0.3 is 58.2 Å². The monoisotopic (exact) mass is 1370 g/mol. The lowest BCUT2D eigenvalue weighted by atomic mass is 9.80. The van der Waals surface area contributed by atoms with Gasteiger partial charge in [0.1, 0.15) is 58.9 Å². The van der Waals surface area contributed by atoms with E-state index >= 15 is 0 Å². The molecule has 0 fully saturated rings. The van der Waals surface area contributed by atoms with Crippen molar-refractivity contribution in [2.24, 2.45) is 0 Å². The van der Waals surface area contributed by atoms with Gasteiger partial charge >= 0.3 is 7.12 Å². The molecule has 0 atom stereocenters. The largest absolute Gasteiger partial charge is 0.497 e. The molecule has 0 aromatic heterocycles. The Morgan fingerprint density at radius 2 is 0.633 bits per heavy atom. The second-order valence-electron chi connectivity index (χ2n) is 22.9. The molecule has 0 aliphatic carbocycles. The molecule has 14 heteroatoms. The summed E-state index contributed by atoms with van der Waals surface area (Å²) in [4.78, 5) is 0. The van der Waals surface area contributed by atoms with Crippen LogP contribution in [-0.4, -0.2) is 55.8 Å². The Kier molecular flexibility index (Phi) is 25.3. The van der Waals surface area contributed by atoms with E-state index in [-0.39, 0.29) is 19.8 Å². The first-order chi connectivity index (χ1) is 47.9. The quantitative estimate of drug-likeness (QED) is 0.0301. The van der Waals surface area contributed by atoms with Crippen molar-refractivity contribution >= 4 is 28.5 Å². The molecule has 12 aromatic rings. The van der Waals surface area contributed by atoms with Crippen LogP contribution in [0, 0.1) is 0 Å². The zero-order chi connectivity index (χ0) is 68.5. The predicted molar refractivity (Wildman–Crippen MR) is 390 cm³/mol. The maximum atomic E-state index is 10.3. The lowest BCUT2D eigenvalue weighted by molar-refractivity contribution is 0.0000602. The van der Waals surface area contributed by atoms with Gasteiger partial charge in [0.15, 0.2) is 0 Å². The number of hydrogen-bond donors (Lipinski definition) is 4. The average Bonchev–Trinajstić information content (AvgIpc) is 0.761. The van der Waals surface area contributed by atoms with Gasteiger partial charge in [-0.25, -0.2) is 0 Å². The molecule has 12 aromatic carbocycles. The fraction of sp³-hybridized carbons (Fsp3) is 0.143. The van der Waals surface area contributed by atoms with E-state index in [9.17, 15) is 10.2 Å². The third kappa shape index (κ3) is 18.2. The molecule has 0 unspecified atom stereocenters. The highest BCUT2D eigenvalue weighted by molar-refractivity contribution is 9.10. The van der Waals surface area contributed by atoms with Gasteiger partial charge in [0, 0.05) is 4.47 Å². The molecular formula is C84H78BBrO12. The van der Waals surface area contributed by atoms with E-state index < -0.39 is 18.3 Å². The summed E-state index contributed by atoms with van der Waals surface area (Å²) >= 11 is 3.55. The van der Waals surface area contributed by atoms with E-state index in [2.05, 4.69) is 52.3 Å². The van der Waals surface area contributed by atoms with Gasteiger partial charge in [-0.1, -0.05) is 222 Å². The van der Waals surface area contributed by atoms with Gasteiger partial charge in [-0.3, -0.25) is 0 Å². The van der Waals surface area contributed by atoms with Crippen LogP contribution in [0.4, 0.5) is 0 Å². The highest BCUT2D eigenvalue weighted by Gasteiger charge is 2.39. The summed E-state index contributed by atoms with van der Waals surface area (Å²) in [5.74, 6) is 4.49. The molecule has 0 aliphatic rings. The standard InChI is InChI=1S/C42H38O5.C29H27BrO4.C13H13BO3/c1-44-39-20-16-37(17-21-39)42(36-13-7-4-8-14-36,38-18-22-40(45-2)23-19-38)47-30-33-24-32(28-43)25-35(26-33)34-12-9-15-41(27-34)46-29-31-10-5-3-6-11-31;1-32-27-12-8-24(9-13-27)29(23-6-4-3-5-7-23,25-10-14-28(33-2)15-11-25)34-20-22-16-21(19-31)17-26(30)18-22;15-14(16)12-7-4-8-13(9-12)17-10-11-5-2-1-3-6-11/h3-27,43H,28-30H2,1-2H3;3-18,31H,19-20H2,1-2H3;1-9,15-16H,10H2. The Bertz CT molecular complexity index is 4280. The number of methoxy groups -OCH3 is 4. The molecule has 0 radical (unpaired) electrons. The second-order valence-corrected chi connectivity index (χ2v) is 23.8. The van der Waals surface area contributed by atoms with Crippen LogP contribution >= 0.6 is 15.9 Å². The molecule has 98 heavy (non-hydrogen) atoms. The van der Waals surface area contributed by atoms with Crippen LogP contribution in [0.2, 0.25) is 0 Å². The van der Waals surface area contributed by atoms with Crippen molar-refractivity contribution in [3.63, 3.8) is 0 Å². The number of aliphatic hydroxyl groups excluding tert-OH is 2. The molecule has 0 heterocycles. The van der Waals surface area contributed by atoms with E-state index in [0.717, 1.165) is 111 Å². The first-order valence-corrected chi connectivity index (χ1v) is 32.7. The van der Waals surface area contributed by atoms with Gasteiger partial charge in [-0.05, 0) is 180 Å². The summed E-state index contributed by atoms with van der Waals surface area (Å²) in [6, 6.07) is 99.1. The summed E-state index contributed by atoms with van der Waals surface area (Å²) < 4.78 is 48.4. The van der Waals surface area contributed by atoms with Crippen molar-refractivity contribution in [1.82, 2.24) is 0 Å². The van der Waals surface area contributed by atoms with Crippen molar-refractivity contribution in [2.45, 2.75) is 50.8 Å². The molecule has 0 spiro atoms. The summed E-state index contributed by atoms with van der Waals surface area (Å²) in [5, 5.41) is 38.0. The molecule has 496 valence electrons. The Labute approximate surface area is 582 Å². The summed E-state index contributed by atoms with van der Waals surface area (Å²) in [7, 11) is 5.18. The SMILES string of the molecule is COc1ccc(C(OCc2cc(Br)cc(CO)c2)(c2ccccc2)c2ccc(OC)cc2)cc1.COc1ccc(C(OCc2cc(CO)cc(-c3cccc(OCc4ccccc4)c3)c2)(c2ccccc2)c2ccc(OC)cc2)cc1.OB(O)c1cccc(OCc2ccccc2)c1. The van der Waals surface area contributed by atoms with Gasteiger partial charge in [0.05, 0.1) is 54.9 Å². The second kappa shape index (κ2) is 35.1. The fourth-order valence-corrected chi connectivity index (χ4v) is 12.1. The minimum atomic E-state index is -1.46. The lowest BCUT2D eigenvalue weighted by Gasteiger charge is -2.36. The minimum Gasteiger partial charge on any atom is -0.497 e. The van der Waals surface area contributed by atoms with Crippen LogP contribution in [0.25, 0.3) is 11.1 Å². The summed E-state index contributed by atoms with van der Waals surface area (Å²) in [6.07, 6.45) is 0. The smallest absolute Gasteiger partial charge is 0.488 e. The van der Waals surface area contributed by atoms with Crippen LogP contribution in [0.1, 0.15) is 66.8 Å². The Morgan fingerprint density at radius 3 is 1.02 bits per heavy atom. The van der Waals surface area contributed by atoms with Crippen LogP contribution in [-0.2, 0) is 60.3 Å². The normalized spacial score (nSPS) is 11.0. The highest BCUT2D eigenvalue weighted by atomic mass is 79.9. The predicted octanol–water partition coefficient (Wildman–Crippen LogP) is 16.4. The van der Waals surface area contributed by atoms with E-state index in [1.54, 1.807) is 52.7 Å². The van der Waals surface area contributed by atoms with E-state index in [1.807, 2.05) is 243 Å².